The van der Waals surface area contributed by atoms with E-state index < -0.39 is 36.1 Å². The van der Waals surface area contributed by atoms with E-state index in [0.717, 1.165) is 36.5 Å². The van der Waals surface area contributed by atoms with Crippen molar-refractivity contribution in [3.05, 3.63) is 47.9 Å². The van der Waals surface area contributed by atoms with Gasteiger partial charge in [-0.1, -0.05) is 6.07 Å². The van der Waals surface area contributed by atoms with Gasteiger partial charge in [-0.3, -0.25) is 0 Å². The fourth-order valence-corrected chi connectivity index (χ4v) is 4.81. The summed E-state index contributed by atoms with van der Waals surface area (Å²) < 4.78 is 72.6. The van der Waals surface area contributed by atoms with Gasteiger partial charge in [0.1, 0.15) is 18.7 Å². The number of rotatable bonds is 6. The number of anilines is 2. The van der Waals surface area contributed by atoms with Crippen LogP contribution in [-0.4, -0.2) is 50.0 Å². The first-order valence-corrected chi connectivity index (χ1v) is 11.1. The molecule has 1 saturated heterocycles. The molecule has 3 heterocycles. The Hall–Kier alpha value is -3.51. The van der Waals surface area contributed by atoms with Crippen LogP contribution in [0.15, 0.2) is 30.6 Å². The number of alkyl halides is 3. The van der Waals surface area contributed by atoms with Gasteiger partial charge in [0.15, 0.2) is 11.6 Å². The van der Waals surface area contributed by atoms with Crippen LogP contribution in [0.25, 0.3) is 0 Å². The Bertz CT molecular complexity index is 1200. The highest BCUT2D eigenvalue weighted by atomic mass is 19.4. The molecular formula is C22H22F5N7O. The molecule has 1 aliphatic heterocycles. The van der Waals surface area contributed by atoms with Crippen molar-refractivity contribution in [3.8, 4) is 11.8 Å². The number of fused-ring (bicyclic) bond motifs is 2. The predicted octanol–water partition coefficient (Wildman–Crippen LogP) is 4.34. The first kappa shape index (κ1) is 23.2. The molecule has 0 amide bonds. The van der Waals surface area contributed by atoms with Gasteiger partial charge in [-0.25, -0.2) is 19.0 Å². The van der Waals surface area contributed by atoms with Crippen molar-refractivity contribution in [2.45, 2.75) is 38.5 Å². The molecule has 2 aliphatic rings. The fourth-order valence-electron chi connectivity index (χ4n) is 4.81. The molecule has 2 aromatic heterocycles. The number of nitrogens with one attached hydrogen (secondary N) is 1. The first-order chi connectivity index (χ1) is 16.7. The van der Waals surface area contributed by atoms with E-state index in [4.69, 9.17) is 4.74 Å². The van der Waals surface area contributed by atoms with Crippen molar-refractivity contribution in [2.75, 3.05) is 23.3 Å². The van der Waals surface area contributed by atoms with Gasteiger partial charge in [0, 0.05) is 30.9 Å². The van der Waals surface area contributed by atoms with Crippen LogP contribution in [-0.2, 0) is 6.54 Å². The summed E-state index contributed by atoms with van der Waals surface area (Å²) in [5.41, 5.74) is 0.865. The number of hydrogen-bond donors (Lipinski definition) is 1. The molecule has 3 aromatic rings. The van der Waals surface area contributed by atoms with Crippen molar-refractivity contribution >= 4 is 11.8 Å². The lowest BCUT2D eigenvalue weighted by Crippen LogP contribution is -2.48. The Labute approximate surface area is 197 Å². The molecule has 35 heavy (non-hydrogen) atoms. The lowest BCUT2D eigenvalue weighted by atomic mass is 9.92. The second-order valence-corrected chi connectivity index (χ2v) is 8.84. The molecule has 2 bridgehead atoms. The minimum Gasteiger partial charge on any atom is -0.421 e. The third-order valence-electron chi connectivity index (χ3n) is 6.33. The van der Waals surface area contributed by atoms with E-state index >= 15 is 0 Å². The van der Waals surface area contributed by atoms with Gasteiger partial charge < -0.3 is 15.0 Å². The number of aryl methyl sites for hydroxylation is 1. The normalized spacial score (nSPS) is 21.9. The molecule has 2 fully saturated rings. The summed E-state index contributed by atoms with van der Waals surface area (Å²) in [6.45, 7) is 1.83. The molecule has 0 unspecified atom stereocenters. The van der Waals surface area contributed by atoms with E-state index in [0.29, 0.717) is 17.8 Å². The number of halogens is 5. The van der Waals surface area contributed by atoms with Gasteiger partial charge in [0.25, 0.3) is 0 Å². The highest BCUT2D eigenvalue weighted by Gasteiger charge is 2.43. The number of ether oxygens (including phenoxy) is 1. The lowest BCUT2D eigenvalue weighted by Gasteiger charge is -2.38. The van der Waals surface area contributed by atoms with Gasteiger partial charge in [-0.05, 0) is 43.7 Å². The van der Waals surface area contributed by atoms with Gasteiger partial charge in [0.2, 0.25) is 11.8 Å². The number of piperidine rings is 1. The highest BCUT2D eigenvalue weighted by Crippen LogP contribution is 2.40. The second-order valence-electron chi connectivity index (χ2n) is 8.84. The molecule has 1 saturated carbocycles. The number of benzene rings is 1. The Balaban J connectivity index is 1.36. The molecule has 3 atom stereocenters. The molecule has 186 valence electrons. The molecular weight excluding hydrogens is 473 g/mol. The van der Waals surface area contributed by atoms with E-state index in [1.165, 1.54) is 12.4 Å². The Kier molecular flexibility index (Phi) is 5.93. The Morgan fingerprint density at radius 1 is 1.11 bits per heavy atom. The molecule has 1 aliphatic carbocycles. The third-order valence-corrected chi connectivity index (χ3v) is 6.33. The quantitative estimate of drug-likeness (QED) is 0.510. The monoisotopic (exact) mass is 495 g/mol. The van der Waals surface area contributed by atoms with Crippen molar-refractivity contribution in [3.63, 3.8) is 0 Å². The standard InChI is InChI=1S/C22H22F5N7O/c1-12-7-17(29-11-28-12)33-8-13-5-6-14(9-33)19(13)30-20-31-21(34(32-20)10-22(25,26)27)35-16-4-2-3-15(23)18(16)24/h2-4,7,11,13-14,19H,5-6,8-10H2,1H3,(H,30,32)/t13-,14+,19+. The molecule has 1 N–H and O–H groups in total. The van der Waals surface area contributed by atoms with Crippen LogP contribution in [0.5, 0.6) is 11.8 Å². The second kappa shape index (κ2) is 8.93. The minimum absolute atomic E-state index is 0.0605. The number of aromatic nitrogens is 5. The van der Waals surface area contributed by atoms with E-state index in [1.807, 2.05) is 13.0 Å². The van der Waals surface area contributed by atoms with Crippen LogP contribution in [0.4, 0.5) is 33.7 Å². The van der Waals surface area contributed by atoms with Gasteiger partial charge in [-0.15, -0.1) is 5.10 Å². The fraction of sp³-hybridized carbons (Fsp3) is 0.455. The number of hydrogen-bond acceptors (Lipinski definition) is 7. The van der Waals surface area contributed by atoms with Crippen LogP contribution in [0.2, 0.25) is 0 Å². The van der Waals surface area contributed by atoms with Gasteiger partial charge >= 0.3 is 12.2 Å². The van der Waals surface area contributed by atoms with Crippen LogP contribution in [0.3, 0.4) is 0 Å². The smallest absolute Gasteiger partial charge is 0.408 e. The van der Waals surface area contributed by atoms with Crippen LogP contribution < -0.4 is 15.0 Å². The van der Waals surface area contributed by atoms with E-state index in [-0.39, 0.29) is 23.8 Å². The summed E-state index contributed by atoms with van der Waals surface area (Å²) >= 11 is 0. The summed E-state index contributed by atoms with van der Waals surface area (Å²) in [6.07, 6.45) is -1.23. The average Bonchev–Trinajstić information content (AvgIpc) is 3.24. The van der Waals surface area contributed by atoms with Crippen LogP contribution >= 0.6 is 0 Å². The van der Waals surface area contributed by atoms with Crippen molar-refractivity contribution in [2.24, 2.45) is 11.8 Å². The number of nitrogens with zero attached hydrogens (tertiary/aromatic N) is 6. The zero-order valence-corrected chi connectivity index (χ0v) is 18.6. The molecule has 13 heteroatoms. The Morgan fingerprint density at radius 2 is 1.86 bits per heavy atom. The van der Waals surface area contributed by atoms with E-state index in [1.54, 1.807) is 0 Å². The maximum Gasteiger partial charge on any atom is 0.408 e. The topological polar surface area (TPSA) is 81.0 Å². The summed E-state index contributed by atoms with van der Waals surface area (Å²) in [5.74, 6) is -1.92. The van der Waals surface area contributed by atoms with Crippen molar-refractivity contribution in [1.82, 2.24) is 24.7 Å². The molecule has 1 aromatic carbocycles. The summed E-state index contributed by atoms with van der Waals surface area (Å²) in [6, 6.07) is 4.43. The maximum atomic E-state index is 14.0. The van der Waals surface area contributed by atoms with Crippen molar-refractivity contribution in [1.29, 1.82) is 0 Å². The molecule has 0 radical (unpaired) electrons. The zero-order chi connectivity index (χ0) is 24.7. The Morgan fingerprint density at radius 3 is 2.54 bits per heavy atom. The summed E-state index contributed by atoms with van der Waals surface area (Å²) in [4.78, 5) is 14.7. The van der Waals surface area contributed by atoms with Crippen LogP contribution in [0, 0.1) is 30.4 Å². The largest absolute Gasteiger partial charge is 0.421 e. The van der Waals surface area contributed by atoms with E-state index in [9.17, 15) is 22.0 Å². The van der Waals surface area contributed by atoms with Gasteiger partial charge in [0.05, 0.1) is 0 Å². The zero-order valence-electron chi connectivity index (χ0n) is 18.6. The van der Waals surface area contributed by atoms with Gasteiger partial charge in [-0.2, -0.15) is 22.5 Å². The molecule has 0 spiro atoms. The minimum atomic E-state index is -4.62. The summed E-state index contributed by atoms with van der Waals surface area (Å²) in [5, 5.41) is 7.09. The van der Waals surface area contributed by atoms with Crippen LogP contribution in [0.1, 0.15) is 18.5 Å². The molecule has 5 rings (SSSR count). The molecule has 8 nitrogen and oxygen atoms in total. The van der Waals surface area contributed by atoms with Crippen molar-refractivity contribution < 1.29 is 26.7 Å². The SMILES string of the molecule is Cc1cc(N2C[C@H]3CC[C@@H](C2)[C@H]3Nc2nc(Oc3cccc(F)c3F)n(CC(F)(F)F)n2)ncn1. The lowest BCUT2D eigenvalue weighted by molar-refractivity contribution is -0.143. The maximum absolute atomic E-state index is 14.0. The third kappa shape index (κ3) is 4.98. The first-order valence-electron chi connectivity index (χ1n) is 11.1. The summed E-state index contributed by atoms with van der Waals surface area (Å²) in [7, 11) is 0. The highest BCUT2D eigenvalue weighted by molar-refractivity contribution is 5.42. The van der Waals surface area contributed by atoms with E-state index in [2.05, 4.69) is 30.3 Å². The average molecular weight is 495 g/mol. The predicted molar refractivity (Wildman–Crippen MR) is 115 cm³/mol.